The van der Waals surface area contributed by atoms with Gasteiger partial charge < -0.3 is 5.32 Å². The monoisotopic (exact) mass is 355 g/mol. The Morgan fingerprint density at radius 1 is 1.26 bits per heavy atom. The lowest BCUT2D eigenvalue weighted by Crippen LogP contribution is -2.32. The van der Waals surface area contributed by atoms with E-state index in [1.807, 2.05) is 42.5 Å². The first kappa shape index (κ1) is 14.6. The van der Waals surface area contributed by atoms with Crippen molar-refractivity contribution in [2.75, 3.05) is 0 Å². The molecule has 2 rings (SSSR count). The van der Waals surface area contributed by atoms with Crippen LogP contribution in [-0.4, -0.2) is 11.2 Å². The van der Waals surface area contributed by atoms with Crippen LogP contribution < -0.4 is 5.32 Å². The first-order chi connectivity index (χ1) is 9.15. The maximum atomic E-state index is 11.9. The maximum absolute atomic E-state index is 11.9. The van der Waals surface area contributed by atoms with Gasteiger partial charge in [0, 0.05) is 4.88 Å². The molecule has 0 aliphatic heterocycles. The van der Waals surface area contributed by atoms with Crippen LogP contribution in [0.5, 0.6) is 0 Å². The summed E-state index contributed by atoms with van der Waals surface area (Å²) in [6.45, 7) is 0.556. The Hall–Kier alpha value is -0.780. The summed E-state index contributed by atoms with van der Waals surface area (Å²) in [7, 11) is 0. The summed E-state index contributed by atoms with van der Waals surface area (Å²) in [6, 6.07) is 13.9. The Balaban J connectivity index is 1.82. The van der Waals surface area contributed by atoms with E-state index in [0.29, 0.717) is 13.0 Å². The van der Waals surface area contributed by atoms with E-state index in [2.05, 4.69) is 33.9 Å². The number of hydrogen-bond donors (Lipinski definition) is 2. The van der Waals surface area contributed by atoms with Gasteiger partial charge in [-0.1, -0.05) is 30.3 Å². The number of rotatable bonds is 5. The van der Waals surface area contributed by atoms with E-state index >= 15 is 0 Å². The zero-order chi connectivity index (χ0) is 13.7. The van der Waals surface area contributed by atoms with Crippen LogP contribution in [0.25, 0.3) is 0 Å². The fraction of sp³-hybridized carbons (Fsp3) is 0.214. The molecule has 0 saturated heterocycles. The van der Waals surface area contributed by atoms with Crippen molar-refractivity contribution < 1.29 is 4.79 Å². The zero-order valence-electron chi connectivity index (χ0n) is 10.2. The highest BCUT2D eigenvalue weighted by atomic mass is 79.9. The van der Waals surface area contributed by atoms with Gasteiger partial charge >= 0.3 is 0 Å². The van der Waals surface area contributed by atoms with Gasteiger partial charge in [0.15, 0.2) is 0 Å². The molecule has 1 atom stereocenters. The molecule has 1 aromatic heterocycles. The zero-order valence-corrected chi connectivity index (χ0v) is 13.5. The number of benzene rings is 1. The molecule has 0 saturated carbocycles. The molecule has 19 heavy (non-hydrogen) atoms. The molecule has 0 bridgehead atoms. The average Bonchev–Trinajstić information content (AvgIpc) is 2.83. The molecule has 0 spiro atoms. The summed E-state index contributed by atoms with van der Waals surface area (Å²) < 4.78 is 1.07. The maximum Gasteiger partial charge on any atom is 0.233 e. The number of nitrogens with one attached hydrogen (secondary N) is 1. The SMILES string of the molecule is O=C(NCc1ccc(Br)s1)C(S)Cc1ccccc1. The van der Waals surface area contributed by atoms with Crippen molar-refractivity contribution in [3.8, 4) is 0 Å². The van der Waals surface area contributed by atoms with E-state index in [-0.39, 0.29) is 11.2 Å². The summed E-state index contributed by atoms with van der Waals surface area (Å²) in [5.41, 5.74) is 1.12. The second-order valence-electron chi connectivity index (χ2n) is 4.13. The molecule has 0 aliphatic rings. The van der Waals surface area contributed by atoms with Crippen LogP contribution in [0.3, 0.4) is 0 Å². The van der Waals surface area contributed by atoms with E-state index in [0.717, 1.165) is 14.2 Å². The molecule has 1 unspecified atom stereocenters. The summed E-state index contributed by atoms with van der Waals surface area (Å²) >= 11 is 9.40. The molecule has 1 amide bonds. The minimum Gasteiger partial charge on any atom is -0.350 e. The van der Waals surface area contributed by atoms with Crippen LogP contribution >= 0.6 is 39.9 Å². The fourth-order valence-electron chi connectivity index (χ4n) is 1.67. The quantitative estimate of drug-likeness (QED) is 0.787. The number of carbonyl (C=O) groups is 1. The van der Waals surface area contributed by atoms with Crippen molar-refractivity contribution in [1.82, 2.24) is 5.32 Å². The Morgan fingerprint density at radius 3 is 2.63 bits per heavy atom. The van der Waals surface area contributed by atoms with Crippen LogP contribution in [0, 0.1) is 0 Å². The lowest BCUT2D eigenvalue weighted by atomic mass is 10.1. The molecule has 1 aromatic carbocycles. The van der Waals surface area contributed by atoms with Crippen molar-refractivity contribution in [2.45, 2.75) is 18.2 Å². The highest BCUT2D eigenvalue weighted by Crippen LogP contribution is 2.21. The first-order valence-electron chi connectivity index (χ1n) is 5.89. The van der Waals surface area contributed by atoms with Gasteiger partial charge in [-0.2, -0.15) is 12.6 Å². The molecule has 5 heteroatoms. The Labute approximate surface area is 130 Å². The van der Waals surface area contributed by atoms with Crippen LogP contribution in [0.2, 0.25) is 0 Å². The van der Waals surface area contributed by atoms with Crippen LogP contribution in [0.15, 0.2) is 46.3 Å². The molecule has 0 aliphatic carbocycles. The van der Waals surface area contributed by atoms with Gasteiger partial charge in [-0.15, -0.1) is 11.3 Å². The third kappa shape index (κ3) is 4.67. The van der Waals surface area contributed by atoms with Gasteiger partial charge in [0.25, 0.3) is 0 Å². The Kier molecular flexibility index (Phi) is 5.48. The summed E-state index contributed by atoms with van der Waals surface area (Å²) in [6.07, 6.45) is 0.643. The van der Waals surface area contributed by atoms with Crippen molar-refractivity contribution in [2.24, 2.45) is 0 Å². The van der Waals surface area contributed by atoms with Crippen LogP contribution in [-0.2, 0) is 17.8 Å². The van der Waals surface area contributed by atoms with Crippen LogP contribution in [0.4, 0.5) is 0 Å². The molecular weight excluding hydrogens is 342 g/mol. The van der Waals surface area contributed by atoms with Crippen molar-refractivity contribution in [3.63, 3.8) is 0 Å². The number of carbonyl (C=O) groups excluding carboxylic acids is 1. The predicted octanol–water partition coefficient (Wildman–Crippen LogP) is 3.67. The Bertz CT molecular complexity index is 541. The van der Waals surface area contributed by atoms with Gasteiger partial charge in [0.2, 0.25) is 5.91 Å². The van der Waals surface area contributed by atoms with Crippen molar-refractivity contribution in [1.29, 1.82) is 0 Å². The van der Waals surface area contributed by atoms with Gasteiger partial charge in [0.05, 0.1) is 15.6 Å². The lowest BCUT2D eigenvalue weighted by Gasteiger charge is -2.11. The minimum atomic E-state index is -0.314. The van der Waals surface area contributed by atoms with Gasteiger partial charge in [0.1, 0.15) is 0 Å². The van der Waals surface area contributed by atoms with E-state index < -0.39 is 0 Å². The predicted molar refractivity (Wildman–Crippen MR) is 86.8 cm³/mol. The number of amides is 1. The van der Waals surface area contributed by atoms with E-state index in [4.69, 9.17) is 0 Å². The molecule has 100 valence electrons. The summed E-state index contributed by atoms with van der Waals surface area (Å²) in [5.74, 6) is -0.0308. The van der Waals surface area contributed by atoms with Gasteiger partial charge in [-0.25, -0.2) is 0 Å². The number of thiol groups is 1. The second-order valence-corrected chi connectivity index (χ2v) is 7.30. The normalized spacial score (nSPS) is 12.1. The first-order valence-corrected chi connectivity index (χ1v) is 8.01. The topological polar surface area (TPSA) is 29.1 Å². The van der Waals surface area contributed by atoms with Gasteiger partial charge in [-0.05, 0) is 40.0 Å². The third-order valence-electron chi connectivity index (χ3n) is 2.64. The van der Waals surface area contributed by atoms with Crippen molar-refractivity contribution in [3.05, 3.63) is 56.7 Å². The molecule has 1 N–H and O–H groups in total. The average molecular weight is 356 g/mol. The smallest absolute Gasteiger partial charge is 0.233 e. The molecule has 2 nitrogen and oxygen atoms in total. The second kappa shape index (κ2) is 7.12. The number of halogens is 1. The van der Waals surface area contributed by atoms with Gasteiger partial charge in [-0.3, -0.25) is 4.79 Å². The lowest BCUT2D eigenvalue weighted by molar-refractivity contribution is -0.120. The molecule has 2 aromatic rings. The fourth-order valence-corrected chi connectivity index (χ4v) is 3.39. The van der Waals surface area contributed by atoms with Crippen molar-refractivity contribution >= 4 is 45.8 Å². The van der Waals surface area contributed by atoms with E-state index in [9.17, 15) is 4.79 Å². The summed E-state index contributed by atoms with van der Waals surface area (Å²) in [5, 5.41) is 2.59. The Morgan fingerprint density at radius 2 is 2.00 bits per heavy atom. The van der Waals surface area contributed by atoms with Crippen LogP contribution in [0.1, 0.15) is 10.4 Å². The number of thiophene rings is 1. The third-order valence-corrected chi connectivity index (χ3v) is 4.68. The standard InChI is InChI=1S/C14H14BrNOS2/c15-13-7-6-11(19-13)9-16-14(17)12(18)8-10-4-2-1-3-5-10/h1-7,12,18H,8-9H2,(H,16,17). The molecule has 1 heterocycles. The van der Waals surface area contributed by atoms with E-state index in [1.54, 1.807) is 11.3 Å². The highest BCUT2D eigenvalue weighted by molar-refractivity contribution is 9.11. The largest absolute Gasteiger partial charge is 0.350 e. The minimum absolute atomic E-state index is 0.0308. The van der Waals surface area contributed by atoms with E-state index in [1.165, 1.54) is 0 Å². The molecule has 0 radical (unpaired) electrons. The number of hydrogen-bond acceptors (Lipinski definition) is 3. The molecule has 0 fully saturated rings. The summed E-state index contributed by atoms with van der Waals surface area (Å²) in [4.78, 5) is 13.1. The highest BCUT2D eigenvalue weighted by Gasteiger charge is 2.14. The molecular formula is C14H14BrNOS2.